The second-order valence-electron chi connectivity index (χ2n) is 5.82. The molecule has 2 rings (SSSR count). The fourth-order valence-corrected chi connectivity index (χ4v) is 2.87. The van der Waals surface area contributed by atoms with E-state index in [9.17, 15) is 9.18 Å². The number of rotatable bonds is 8. The van der Waals surface area contributed by atoms with Crippen LogP contribution >= 0.6 is 0 Å². The van der Waals surface area contributed by atoms with Crippen LogP contribution in [0.25, 0.3) is 0 Å². The van der Waals surface area contributed by atoms with Gasteiger partial charge in [-0.2, -0.15) is 0 Å². The van der Waals surface area contributed by atoms with Crippen molar-refractivity contribution in [1.82, 2.24) is 10.2 Å². The van der Waals surface area contributed by atoms with Gasteiger partial charge in [0.2, 0.25) is 5.91 Å². The number of nitrogens with one attached hydrogen (secondary N) is 1. The van der Waals surface area contributed by atoms with Crippen molar-refractivity contribution < 1.29 is 13.9 Å². The third kappa shape index (κ3) is 4.52. The van der Waals surface area contributed by atoms with Gasteiger partial charge < -0.3 is 15.0 Å². The highest BCUT2D eigenvalue weighted by atomic mass is 19.1. The molecule has 22 heavy (non-hydrogen) atoms. The van der Waals surface area contributed by atoms with Crippen molar-refractivity contribution in [2.75, 3.05) is 26.8 Å². The molecule has 1 saturated heterocycles. The summed E-state index contributed by atoms with van der Waals surface area (Å²) in [5.41, 5.74) is 1.92. The Bertz CT molecular complexity index is 507. The fourth-order valence-electron chi connectivity index (χ4n) is 2.87. The Kier molecular flexibility index (Phi) is 6.34. The molecule has 1 N–H and O–H groups in total. The molecule has 0 radical (unpaired) electrons. The SMILES string of the molecule is COCCNCCC1CCC(=O)N1Cc1cc(F)ccc1C. The molecule has 0 aliphatic carbocycles. The summed E-state index contributed by atoms with van der Waals surface area (Å²) >= 11 is 0. The molecule has 5 heteroatoms. The van der Waals surface area contributed by atoms with Gasteiger partial charge in [0.25, 0.3) is 0 Å². The topological polar surface area (TPSA) is 41.6 Å². The van der Waals surface area contributed by atoms with E-state index in [1.807, 2.05) is 11.8 Å². The first-order chi connectivity index (χ1) is 10.6. The number of aryl methyl sites for hydroxylation is 1. The van der Waals surface area contributed by atoms with E-state index >= 15 is 0 Å². The largest absolute Gasteiger partial charge is 0.383 e. The number of amides is 1. The summed E-state index contributed by atoms with van der Waals surface area (Å²) in [6.45, 7) is 4.83. The van der Waals surface area contributed by atoms with Crippen molar-refractivity contribution in [3.63, 3.8) is 0 Å². The van der Waals surface area contributed by atoms with E-state index in [2.05, 4.69) is 5.32 Å². The number of hydrogen-bond acceptors (Lipinski definition) is 3. The van der Waals surface area contributed by atoms with Crippen LogP contribution in [-0.2, 0) is 16.1 Å². The highest BCUT2D eigenvalue weighted by molar-refractivity contribution is 5.78. The van der Waals surface area contributed by atoms with E-state index in [-0.39, 0.29) is 17.8 Å². The maximum Gasteiger partial charge on any atom is 0.223 e. The lowest BCUT2D eigenvalue weighted by Crippen LogP contribution is -2.35. The van der Waals surface area contributed by atoms with Gasteiger partial charge in [0.1, 0.15) is 5.82 Å². The summed E-state index contributed by atoms with van der Waals surface area (Å²) in [5.74, 6) is -0.0735. The van der Waals surface area contributed by atoms with Gasteiger partial charge in [-0.1, -0.05) is 6.07 Å². The van der Waals surface area contributed by atoms with Gasteiger partial charge in [0.15, 0.2) is 0 Å². The monoisotopic (exact) mass is 308 g/mol. The van der Waals surface area contributed by atoms with E-state index in [0.717, 1.165) is 37.1 Å². The van der Waals surface area contributed by atoms with Crippen LogP contribution in [0.3, 0.4) is 0 Å². The fraction of sp³-hybridized carbons (Fsp3) is 0.588. The average Bonchev–Trinajstić information content (AvgIpc) is 2.84. The predicted molar refractivity (Wildman–Crippen MR) is 84.1 cm³/mol. The first-order valence-electron chi connectivity index (χ1n) is 7.86. The van der Waals surface area contributed by atoms with E-state index in [0.29, 0.717) is 19.6 Å². The molecular weight excluding hydrogens is 283 g/mol. The quantitative estimate of drug-likeness (QED) is 0.749. The Morgan fingerprint density at radius 2 is 2.23 bits per heavy atom. The van der Waals surface area contributed by atoms with Crippen molar-refractivity contribution in [3.05, 3.63) is 35.1 Å². The molecule has 1 aromatic carbocycles. The van der Waals surface area contributed by atoms with Crippen LogP contribution in [0.2, 0.25) is 0 Å². The minimum atomic E-state index is -0.245. The van der Waals surface area contributed by atoms with E-state index in [1.165, 1.54) is 12.1 Å². The normalized spacial score (nSPS) is 18.2. The van der Waals surface area contributed by atoms with Crippen molar-refractivity contribution in [2.45, 2.75) is 38.8 Å². The minimum Gasteiger partial charge on any atom is -0.383 e. The van der Waals surface area contributed by atoms with Crippen molar-refractivity contribution in [3.8, 4) is 0 Å². The molecule has 1 heterocycles. The summed E-state index contributed by atoms with van der Waals surface area (Å²) in [5, 5.41) is 3.31. The Morgan fingerprint density at radius 3 is 3.00 bits per heavy atom. The van der Waals surface area contributed by atoms with Crippen LogP contribution in [0.15, 0.2) is 18.2 Å². The summed E-state index contributed by atoms with van der Waals surface area (Å²) in [7, 11) is 1.68. The van der Waals surface area contributed by atoms with Gasteiger partial charge in [-0.15, -0.1) is 0 Å². The van der Waals surface area contributed by atoms with Gasteiger partial charge in [-0.05, 0) is 49.6 Å². The third-order valence-corrected chi connectivity index (χ3v) is 4.24. The maximum absolute atomic E-state index is 13.4. The molecule has 0 aromatic heterocycles. The highest BCUT2D eigenvalue weighted by Crippen LogP contribution is 2.24. The molecule has 4 nitrogen and oxygen atoms in total. The lowest BCUT2D eigenvalue weighted by Gasteiger charge is -2.26. The minimum absolute atomic E-state index is 0.172. The number of ether oxygens (including phenoxy) is 1. The number of carbonyl (C=O) groups excluding carboxylic acids is 1. The number of nitrogens with zero attached hydrogens (tertiary/aromatic N) is 1. The van der Waals surface area contributed by atoms with Crippen molar-refractivity contribution >= 4 is 5.91 Å². The van der Waals surface area contributed by atoms with Crippen LogP contribution < -0.4 is 5.32 Å². The average molecular weight is 308 g/mol. The molecule has 1 atom stereocenters. The zero-order chi connectivity index (χ0) is 15.9. The van der Waals surface area contributed by atoms with Gasteiger partial charge >= 0.3 is 0 Å². The lowest BCUT2D eigenvalue weighted by molar-refractivity contribution is -0.129. The Balaban J connectivity index is 1.92. The van der Waals surface area contributed by atoms with Crippen LogP contribution in [0.1, 0.15) is 30.4 Å². The number of hydrogen-bond donors (Lipinski definition) is 1. The van der Waals surface area contributed by atoms with Crippen LogP contribution in [0, 0.1) is 12.7 Å². The number of likely N-dealkylation sites (tertiary alicyclic amines) is 1. The summed E-state index contributed by atoms with van der Waals surface area (Å²) in [6, 6.07) is 5.01. The smallest absolute Gasteiger partial charge is 0.223 e. The van der Waals surface area contributed by atoms with Gasteiger partial charge in [-0.25, -0.2) is 4.39 Å². The molecular formula is C17H25FN2O2. The summed E-state index contributed by atoms with van der Waals surface area (Å²) in [4.78, 5) is 14.0. The Morgan fingerprint density at radius 1 is 1.41 bits per heavy atom. The number of halogens is 1. The van der Waals surface area contributed by atoms with Crippen molar-refractivity contribution in [1.29, 1.82) is 0 Å². The molecule has 0 bridgehead atoms. The molecule has 1 aromatic rings. The lowest BCUT2D eigenvalue weighted by atomic mass is 10.1. The first-order valence-corrected chi connectivity index (χ1v) is 7.86. The third-order valence-electron chi connectivity index (χ3n) is 4.24. The zero-order valence-corrected chi connectivity index (χ0v) is 13.4. The molecule has 0 spiro atoms. The number of benzene rings is 1. The molecule has 1 aliphatic heterocycles. The van der Waals surface area contributed by atoms with Gasteiger partial charge in [0.05, 0.1) is 6.61 Å². The predicted octanol–water partition coefficient (Wildman–Crippen LogP) is 2.25. The number of carbonyl (C=O) groups is 1. The maximum atomic E-state index is 13.4. The van der Waals surface area contributed by atoms with Crippen LogP contribution in [-0.4, -0.2) is 43.7 Å². The van der Waals surface area contributed by atoms with Gasteiger partial charge in [0, 0.05) is 32.7 Å². The van der Waals surface area contributed by atoms with Crippen LogP contribution in [0.5, 0.6) is 0 Å². The Labute approximate surface area is 131 Å². The van der Waals surface area contributed by atoms with Crippen molar-refractivity contribution in [2.24, 2.45) is 0 Å². The molecule has 1 amide bonds. The molecule has 1 aliphatic rings. The van der Waals surface area contributed by atoms with E-state index < -0.39 is 0 Å². The molecule has 0 saturated carbocycles. The summed E-state index contributed by atoms with van der Waals surface area (Å²) < 4.78 is 18.4. The molecule has 122 valence electrons. The van der Waals surface area contributed by atoms with Crippen LogP contribution in [0.4, 0.5) is 4.39 Å². The zero-order valence-electron chi connectivity index (χ0n) is 13.4. The summed E-state index contributed by atoms with van der Waals surface area (Å²) in [6.07, 6.45) is 2.40. The van der Waals surface area contributed by atoms with Gasteiger partial charge in [-0.3, -0.25) is 4.79 Å². The Hall–Kier alpha value is -1.46. The molecule has 1 fully saturated rings. The first kappa shape index (κ1) is 16.9. The second kappa shape index (κ2) is 8.25. The van der Waals surface area contributed by atoms with E-state index in [4.69, 9.17) is 4.74 Å². The number of methoxy groups -OCH3 is 1. The standard InChI is InChI=1S/C17H25FN2O2/c1-13-3-4-15(18)11-14(13)12-20-16(5-6-17(20)21)7-8-19-9-10-22-2/h3-4,11,16,19H,5-10,12H2,1-2H3. The highest BCUT2D eigenvalue weighted by Gasteiger charge is 2.30. The molecule has 1 unspecified atom stereocenters. The second-order valence-corrected chi connectivity index (χ2v) is 5.82. The van der Waals surface area contributed by atoms with E-state index in [1.54, 1.807) is 13.2 Å².